The Morgan fingerprint density at radius 2 is 1.91 bits per heavy atom. The number of carbonyl (C=O) groups is 1. The number of halogens is 5. The number of alkyl halides is 2. The van der Waals surface area contributed by atoms with Crippen LogP contribution in [0.1, 0.15) is 29.4 Å². The van der Waals surface area contributed by atoms with Gasteiger partial charge in [0.2, 0.25) is 5.95 Å². The molecule has 176 valence electrons. The van der Waals surface area contributed by atoms with Crippen LogP contribution >= 0.6 is 23.2 Å². The molecule has 3 aromatic heterocycles. The molecule has 0 fully saturated rings. The molecule has 0 aliphatic heterocycles. The fourth-order valence-electron chi connectivity index (χ4n) is 3.06. The van der Waals surface area contributed by atoms with E-state index in [1.54, 1.807) is 6.92 Å². The van der Waals surface area contributed by atoms with Crippen LogP contribution in [0.3, 0.4) is 0 Å². The van der Waals surface area contributed by atoms with E-state index in [0.717, 1.165) is 12.1 Å². The number of H-pyrrole nitrogens is 1. The Labute approximate surface area is 200 Å². The molecule has 0 saturated carbocycles. The lowest BCUT2D eigenvalue weighted by Gasteiger charge is -2.11. The monoisotopic (exact) mass is 510 g/mol. The minimum absolute atomic E-state index is 0.0780. The maximum Gasteiger partial charge on any atom is 0.283 e. The summed E-state index contributed by atoms with van der Waals surface area (Å²) in [7, 11) is 0. The molecule has 3 heterocycles. The number of aromatic nitrogens is 4. The van der Waals surface area contributed by atoms with Crippen molar-refractivity contribution in [3.05, 3.63) is 63.8 Å². The number of carbonyl (C=O) groups excluding carboxylic acids is 1. The zero-order chi connectivity index (χ0) is 24.4. The molecule has 3 N–H and O–H groups in total. The summed E-state index contributed by atoms with van der Waals surface area (Å²) < 4.78 is 45.0. The average molecular weight is 511 g/mol. The molecule has 4 rings (SSSR count). The van der Waals surface area contributed by atoms with Gasteiger partial charge in [0.25, 0.3) is 12.3 Å². The van der Waals surface area contributed by atoms with Gasteiger partial charge in [-0.25, -0.2) is 23.1 Å². The Morgan fingerprint density at radius 1 is 1.18 bits per heavy atom. The molecule has 1 amide bonds. The topological polar surface area (TPSA) is 105 Å². The second-order valence-electron chi connectivity index (χ2n) is 6.81. The van der Waals surface area contributed by atoms with Crippen LogP contribution in [-0.2, 0) is 0 Å². The minimum Gasteiger partial charge on any atom is -0.493 e. The largest absolute Gasteiger partial charge is 0.493 e. The quantitative estimate of drug-likeness (QED) is 0.276. The number of benzene rings is 1. The maximum absolute atomic E-state index is 13.5. The summed E-state index contributed by atoms with van der Waals surface area (Å²) in [4.78, 5) is 27.7. The SMILES string of the molecule is CCOc1cc2nc(Nc3c(Cl)cncc3Cl)[nH]c2cc1C(=O)Nc1ccc(F)c(C(F)F)n1. The predicted molar refractivity (Wildman–Crippen MR) is 122 cm³/mol. The summed E-state index contributed by atoms with van der Waals surface area (Å²) in [6, 6.07) is 4.90. The van der Waals surface area contributed by atoms with Crippen LogP contribution in [0.25, 0.3) is 11.0 Å². The third kappa shape index (κ3) is 4.85. The predicted octanol–water partition coefficient (Wildman–Crippen LogP) is 6.13. The van der Waals surface area contributed by atoms with E-state index in [0.29, 0.717) is 16.7 Å². The van der Waals surface area contributed by atoms with Gasteiger partial charge < -0.3 is 20.4 Å². The first-order chi connectivity index (χ1) is 16.3. The van der Waals surface area contributed by atoms with E-state index >= 15 is 0 Å². The van der Waals surface area contributed by atoms with Crippen LogP contribution in [0.5, 0.6) is 5.75 Å². The van der Waals surface area contributed by atoms with Crippen molar-refractivity contribution in [2.75, 3.05) is 17.2 Å². The van der Waals surface area contributed by atoms with Gasteiger partial charge in [0, 0.05) is 18.5 Å². The first-order valence-electron chi connectivity index (χ1n) is 9.75. The molecule has 0 atom stereocenters. The summed E-state index contributed by atoms with van der Waals surface area (Å²) in [6.07, 6.45) is -0.306. The number of pyridine rings is 2. The molecule has 34 heavy (non-hydrogen) atoms. The lowest BCUT2D eigenvalue weighted by Crippen LogP contribution is -2.15. The van der Waals surface area contributed by atoms with E-state index in [2.05, 4.69) is 30.6 Å². The Kier molecular flexibility index (Phi) is 6.75. The van der Waals surface area contributed by atoms with Gasteiger partial charge in [0.05, 0.1) is 38.9 Å². The number of nitrogens with zero attached hydrogens (tertiary/aromatic N) is 3. The summed E-state index contributed by atoms with van der Waals surface area (Å²) >= 11 is 12.3. The zero-order valence-corrected chi connectivity index (χ0v) is 18.8. The number of hydrogen-bond donors (Lipinski definition) is 3. The molecule has 13 heteroatoms. The van der Waals surface area contributed by atoms with E-state index in [9.17, 15) is 18.0 Å². The second-order valence-corrected chi connectivity index (χ2v) is 7.62. The smallest absolute Gasteiger partial charge is 0.283 e. The van der Waals surface area contributed by atoms with Gasteiger partial charge in [-0.05, 0) is 25.1 Å². The number of nitrogens with one attached hydrogen (secondary N) is 3. The molecule has 0 saturated heterocycles. The van der Waals surface area contributed by atoms with E-state index in [-0.39, 0.29) is 39.7 Å². The first kappa shape index (κ1) is 23.6. The fourth-order valence-corrected chi connectivity index (χ4v) is 3.52. The molecule has 0 unspecified atom stereocenters. The molecule has 0 aliphatic rings. The van der Waals surface area contributed by atoms with Crippen LogP contribution < -0.4 is 15.4 Å². The van der Waals surface area contributed by atoms with Crippen molar-refractivity contribution in [2.45, 2.75) is 13.3 Å². The molecule has 0 aliphatic carbocycles. The summed E-state index contributed by atoms with van der Waals surface area (Å²) in [6.45, 7) is 1.97. The molecular weight excluding hydrogens is 496 g/mol. The molecule has 0 bridgehead atoms. The molecule has 1 aromatic carbocycles. The normalized spacial score (nSPS) is 11.1. The molecule has 0 spiro atoms. The Bertz CT molecular complexity index is 1360. The zero-order valence-electron chi connectivity index (χ0n) is 17.3. The van der Waals surface area contributed by atoms with Crippen LogP contribution in [0.2, 0.25) is 10.0 Å². The van der Waals surface area contributed by atoms with Crippen molar-refractivity contribution < 1.29 is 22.7 Å². The van der Waals surface area contributed by atoms with Gasteiger partial charge in [-0.15, -0.1) is 0 Å². The number of anilines is 3. The van der Waals surface area contributed by atoms with Crippen molar-refractivity contribution in [3.63, 3.8) is 0 Å². The van der Waals surface area contributed by atoms with Crippen molar-refractivity contribution in [2.24, 2.45) is 0 Å². The summed E-state index contributed by atoms with van der Waals surface area (Å²) in [5.74, 6) is -1.63. The number of fused-ring (bicyclic) bond motifs is 1. The Balaban J connectivity index is 1.67. The van der Waals surface area contributed by atoms with Gasteiger partial charge in [-0.1, -0.05) is 23.2 Å². The third-order valence-corrected chi connectivity index (χ3v) is 5.12. The third-order valence-electron chi connectivity index (χ3n) is 4.55. The van der Waals surface area contributed by atoms with Gasteiger partial charge in [0.15, 0.2) is 5.82 Å². The van der Waals surface area contributed by atoms with E-state index < -0.39 is 23.8 Å². The van der Waals surface area contributed by atoms with E-state index in [4.69, 9.17) is 27.9 Å². The number of hydrogen-bond acceptors (Lipinski definition) is 6. The summed E-state index contributed by atoms with van der Waals surface area (Å²) in [5, 5.41) is 5.90. The van der Waals surface area contributed by atoms with Gasteiger partial charge >= 0.3 is 0 Å². The molecular formula is C21H15Cl2F3N6O2. The number of imidazole rings is 1. The van der Waals surface area contributed by atoms with Crippen molar-refractivity contribution in [1.82, 2.24) is 19.9 Å². The van der Waals surface area contributed by atoms with E-state index in [1.165, 1.54) is 24.5 Å². The highest BCUT2D eigenvalue weighted by Gasteiger charge is 2.20. The van der Waals surface area contributed by atoms with Crippen LogP contribution in [0.15, 0.2) is 36.7 Å². The van der Waals surface area contributed by atoms with E-state index in [1.807, 2.05) is 0 Å². The van der Waals surface area contributed by atoms with Crippen molar-refractivity contribution in [3.8, 4) is 5.75 Å². The number of rotatable bonds is 7. The highest BCUT2D eigenvalue weighted by molar-refractivity contribution is 6.39. The fraction of sp³-hybridized carbons (Fsp3) is 0.143. The molecule has 0 radical (unpaired) electrons. The lowest BCUT2D eigenvalue weighted by molar-refractivity contribution is 0.102. The molecule has 8 nitrogen and oxygen atoms in total. The van der Waals surface area contributed by atoms with Crippen LogP contribution in [0.4, 0.5) is 30.6 Å². The Morgan fingerprint density at radius 3 is 2.59 bits per heavy atom. The highest BCUT2D eigenvalue weighted by Crippen LogP contribution is 2.33. The number of amides is 1. The second kappa shape index (κ2) is 9.74. The van der Waals surface area contributed by atoms with Crippen molar-refractivity contribution >= 4 is 57.6 Å². The lowest BCUT2D eigenvalue weighted by atomic mass is 10.1. The van der Waals surface area contributed by atoms with Gasteiger partial charge in [0.1, 0.15) is 17.3 Å². The van der Waals surface area contributed by atoms with Crippen LogP contribution in [0, 0.1) is 5.82 Å². The Hall–Kier alpha value is -3.57. The van der Waals surface area contributed by atoms with Crippen molar-refractivity contribution in [1.29, 1.82) is 0 Å². The first-order valence-corrected chi connectivity index (χ1v) is 10.5. The number of ether oxygens (including phenoxy) is 1. The average Bonchev–Trinajstić information content (AvgIpc) is 3.18. The van der Waals surface area contributed by atoms with Crippen LogP contribution in [-0.4, -0.2) is 32.4 Å². The minimum atomic E-state index is -3.13. The standard InChI is InChI=1S/C21H15Cl2F3N6O2/c1-2-34-15-6-14-13(28-21(29-14)32-17-10(22)7-27-8-11(17)23)5-9(15)20(33)31-16-4-3-12(24)18(30-16)19(25)26/h3-8,19H,2H2,1H3,(H,30,31,33)(H2,27,28,29,32). The number of aromatic amines is 1. The van der Waals surface area contributed by atoms with Gasteiger partial charge in [-0.2, -0.15) is 0 Å². The summed E-state index contributed by atoms with van der Waals surface area (Å²) in [5.41, 5.74) is 0.323. The highest BCUT2D eigenvalue weighted by atomic mass is 35.5. The maximum atomic E-state index is 13.5. The van der Waals surface area contributed by atoms with Gasteiger partial charge in [-0.3, -0.25) is 9.78 Å². The molecule has 4 aromatic rings.